The first-order valence-electron chi connectivity index (χ1n) is 6.32. The molecule has 0 unspecified atom stereocenters. The highest BCUT2D eigenvalue weighted by molar-refractivity contribution is 6.67. The smallest absolute Gasteiger partial charge is 0.261 e. The Balaban J connectivity index is 1.96. The second-order valence-corrected chi connectivity index (χ2v) is 5.02. The van der Waals surface area contributed by atoms with Gasteiger partial charge in [0.15, 0.2) is 0 Å². The summed E-state index contributed by atoms with van der Waals surface area (Å²) >= 11 is 5.53. The molecule has 104 valence electrons. The van der Waals surface area contributed by atoms with E-state index in [0.717, 1.165) is 4.90 Å². The Morgan fingerprint density at radius 1 is 0.905 bits per heavy atom. The third-order valence-electron chi connectivity index (χ3n) is 3.44. The lowest BCUT2D eigenvalue weighted by molar-refractivity contribution is 0.0641. The number of rotatable bonds is 3. The minimum atomic E-state index is -0.609. The third kappa shape index (κ3) is 2.23. The number of nitrogens with zero attached hydrogens (tertiary/aromatic N) is 1. The van der Waals surface area contributed by atoms with Gasteiger partial charge in [0, 0.05) is 5.56 Å². The number of amides is 2. The van der Waals surface area contributed by atoms with Gasteiger partial charge in [-0.25, -0.2) is 0 Å². The van der Waals surface area contributed by atoms with Crippen molar-refractivity contribution in [1.82, 2.24) is 4.90 Å². The molecule has 0 saturated carbocycles. The van der Waals surface area contributed by atoms with E-state index in [1.165, 1.54) is 0 Å². The normalized spacial score (nSPS) is 13.5. The summed E-state index contributed by atoms with van der Waals surface area (Å²) < 4.78 is 0. The minimum absolute atomic E-state index is 0.0288. The molecule has 4 nitrogen and oxygen atoms in total. The fourth-order valence-corrected chi connectivity index (χ4v) is 2.59. The molecular weight excluding hydrogens is 290 g/mol. The summed E-state index contributed by atoms with van der Waals surface area (Å²) in [5.41, 5.74) is 1.62. The quantitative estimate of drug-likeness (QED) is 0.647. The van der Waals surface area contributed by atoms with Crippen LogP contribution in [0.1, 0.15) is 36.6 Å². The summed E-state index contributed by atoms with van der Waals surface area (Å²) in [7, 11) is 0. The van der Waals surface area contributed by atoms with Gasteiger partial charge in [-0.05, 0) is 35.4 Å². The Morgan fingerprint density at radius 2 is 1.43 bits per heavy atom. The van der Waals surface area contributed by atoms with E-state index >= 15 is 0 Å². The van der Waals surface area contributed by atoms with Gasteiger partial charge in [-0.15, -0.1) is 0 Å². The predicted molar refractivity (Wildman–Crippen MR) is 77.3 cm³/mol. The number of carbonyl (C=O) groups excluding carboxylic acids is 3. The largest absolute Gasteiger partial charge is 0.276 e. The molecule has 2 aromatic carbocycles. The molecule has 0 aromatic heterocycles. The average molecular weight is 300 g/mol. The number of carbonyl (C=O) groups is 3. The van der Waals surface area contributed by atoms with Crippen LogP contribution in [0, 0.1) is 0 Å². The van der Waals surface area contributed by atoms with Crippen LogP contribution in [0.25, 0.3) is 0 Å². The third-order valence-corrected chi connectivity index (χ3v) is 3.64. The van der Waals surface area contributed by atoms with Crippen molar-refractivity contribution in [2.45, 2.75) is 6.54 Å². The van der Waals surface area contributed by atoms with Gasteiger partial charge in [0.05, 0.1) is 17.7 Å². The summed E-state index contributed by atoms with van der Waals surface area (Å²) in [4.78, 5) is 37.1. The first-order valence-corrected chi connectivity index (χ1v) is 6.70. The molecule has 3 rings (SSSR count). The van der Waals surface area contributed by atoms with E-state index in [1.54, 1.807) is 48.5 Å². The SMILES string of the molecule is O=C(Cl)c1ccccc1CN1C(=O)c2ccccc2C1=O. The molecule has 21 heavy (non-hydrogen) atoms. The summed E-state index contributed by atoms with van der Waals surface area (Å²) in [6.45, 7) is 0.0288. The summed E-state index contributed by atoms with van der Waals surface area (Å²) in [5.74, 6) is -0.708. The number of hydrogen-bond acceptors (Lipinski definition) is 3. The van der Waals surface area contributed by atoms with Crippen LogP contribution in [0.2, 0.25) is 0 Å². The van der Waals surface area contributed by atoms with E-state index in [4.69, 9.17) is 11.6 Å². The Morgan fingerprint density at radius 3 is 2.00 bits per heavy atom. The van der Waals surface area contributed by atoms with Crippen LogP contribution in [-0.2, 0) is 6.54 Å². The Kier molecular flexibility index (Phi) is 3.31. The lowest BCUT2D eigenvalue weighted by Gasteiger charge is -2.15. The first-order chi connectivity index (χ1) is 10.1. The van der Waals surface area contributed by atoms with Crippen LogP contribution >= 0.6 is 11.6 Å². The van der Waals surface area contributed by atoms with Crippen molar-refractivity contribution in [1.29, 1.82) is 0 Å². The van der Waals surface area contributed by atoms with Crippen molar-refractivity contribution in [2.24, 2.45) is 0 Å². The van der Waals surface area contributed by atoms with Gasteiger partial charge >= 0.3 is 0 Å². The summed E-state index contributed by atoms with van der Waals surface area (Å²) in [5, 5.41) is -0.609. The topological polar surface area (TPSA) is 54.5 Å². The van der Waals surface area contributed by atoms with Crippen molar-refractivity contribution >= 4 is 28.7 Å². The molecule has 1 heterocycles. The highest BCUT2D eigenvalue weighted by Gasteiger charge is 2.35. The molecule has 0 spiro atoms. The van der Waals surface area contributed by atoms with Gasteiger partial charge < -0.3 is 0 Å². The zero-order valence-electron chi connectivity index (χ0n) is 10.9. The Hall–Kier alpha value is -2.46. The van der Waals surface area contributed by atoms with Gasteiger partial charge in [0.1, 0.15) is 0 Å². The first kappa shape index (κ1) is 13.5. The highest BCUT2D eigenvalue weighted by Crippen LogP contribution is 2.25. The van der Waals surface area contributed by atoms with E-state index < -0.39 is 5.24 Å². The number of hydrogen-bond donors (Lipinski definition) is 0. The minimum Gasteiger partial charge on any atom is -0.276 e. The fraction of sp³-hybridized carbons (Fsp3) is 0.0625. The second kappa shape index (κ2) is 5.14. The molecule has 0 N–H and O–H groups in total. The van der Waals surface area contributed by atoms with Crippen LogP contribution < -0.4 is 0 Å². The fourth-order valence-electron chi connectivity index (χ4n) is 2.40. The molecule has 0 saturated heterocycles. The van der Waals surface area contributed by atoms with Gasteiger partial charge in [-0.1, -0.05) is 30.3 Å². The maximum absolute atomic E-state index is 12.3. The molecule has 0 bridgehead atoms. The van der Waals surface area contributed by atoms with Crippen LogP contribution in [0.4, 0.5) is 0 Å². The van der Waals surface area contributed by atoms with Gasteiger partial charge in [-0.2, -0.15) is 0 Å². The molecule has 0 atom stereocenters. The molecule has 0 radical (unpaired) electrons. The van der Waals surface area contributed by atoms with E-state index in [-0.39, 0.29) is 18.4 Å². The molecule has 1 aliphatic rings. The number of halogens is 1. The highest BCUT2D eigenvalue weighted by atomic mass is 35.5. The van der Waals surface area contributed by atoms with E-state index in [9.17, 15) is 14.4 Å². The van der Waals surface area contributed by atoms with Crippen molar-refractivity contribution in [2.75, 3.05) is 0 Å². The maximum atomic E-state index is 12.3. The number of benzene rings is 2. The molecular formula is C16H10ClNO3. The lowest BCUT2D eigenvalue weighted by Crippen LogP contribution is -2.29. The van der Waals surface area contributed by atoms with E-state index in [1.807, 2.05) is 0 Å². The van der Waals surface area contributed by atoms with Gasteiger partial charge in [0.25, 0.3) is 17.1 Å². The van der Waals surface area contributed by atoms with Gasteiger partial charge in [-0.3, -0.25) is 19.3 Å². The van der Waals surface area contributed by atoms with Crippen LogP contribution in [0.3, 0.4) is 0 Å². The van der Waals surface area contributed by atoms with E-state index in [2.05, 4.69) is 0 Å². The van der Waals surface area contributed by atoms with Crippen molar-refractivity contribution in [3.05, 3.63) is 70.8 Å². The molecule has 0 fully saturated rings. The summed E-state index contributed by atoms with van der Waals surface area (Å²) in [6.07, 6.45) is 0. The zero-order valence-corrected chi connectivity index (χ0v) is 11.6. The average Bonchev–Trinajstić information content (AvgIpc) is 2.73. The van der Waals surface area contributed by atoms with Crippen molar-refractivity contribution in [3.63, 3.8) is 0 Å². The van der Waals surface area contributed by atoms with Crippen LogP contribution in [0.5, 0.6) is 0 Å². The Labute approximate surface area is 125 Å². The molecule has 0 aliphatic carbocycles. The number of imide groups is 1. The second-order valence-electron chi connectivity index (χ2n) is 4.67. The number of fused-ring (bicyclic) bond motifs is 1. The molecule has 2 amide bonds. The van der Waals surface area contributed by atoms with E-state index in [0.29, 0.717) is 22.3 Å². The summed E-state index contributed by atoms with van der Waals surface area (Å²) in [6, 6.07) is 13.3. The maximum Gasteiger partial charge on any atom is 0.261 e. The molecule has 1 aliphatic heterocycles. The van der Waals surface area contributed by atoms with Crippen molar-refractivity contribution in [3.8, 4) is 0 Å². The van der Waals surface area contributed by atoms with Crippen LogP contribution in [0.15, 0.2) is 48.5 Å². The predicted octanol–water partition coefficient (Wildman–Crippen LogP) is 2.86. The zero-order chi connectivity index (χ0) is 15.0. The lowest BCUT2D eigenvalue weighted by atomic mass is 10.1. The monoisotopic (exact) mass is 299 g/mol. The van der Waals surface area contributed by atoms with Gasteiger partial charge in [0.2, 0.25) is 0 Å². The Bertz CT molecular complexity index is 735. The molecule has 5 heteroatoms. The van der Waals surface area contributed by atoms with Crippen LogP contribution in [-0.4, -0.2) is 22.0 Å². The van der Waals surface area contributed by atoms with Crippen molar-refractivity contribution < 1.29 is 14.4 Å². The standard InChI is InChI=1S/C16H10ClNO3/c17-14(19)11-6-2-1-5-10(11)9-18-15(20)12-7-3-4-8-13(12)16(18)21/h1-8H,9H2. The molecule has 2 aromatic rings.